The molecule has 1 aromatic heterocycles. The fourth-order valence-corrected chi connectivity index (χ4v) is 2.94. The number of methoxy groups -OCH3 is 1. The average molecular weight is 330 g/mol. The second kappa shape index (κ2) is 5.82. The van der Waals surface area contributed by atoms with Gasteiger partial charge in [-0.15, -0.1) is 11.3 Å². The summed E-state index contributed by atoms with van der Waals surface area (Å²) in [6.45, 7) is 0. The Morgan fingerprint density at radius 3 is 2.89 bits per heavy atom. The van der Waals surface area contributed by atoms with Crippen LogP contribution in [-0.4, -0.2) is 7.11 Å². The summed E-state index contributed by atoms with van der Waals surface area (Å²) in [5.41, 5.74) is 7.00. The molecule has 2 rings (SSSR count). The van der Waals surface area contributed by atoms with Crippen LogP contribution in [0.3, 0.4) is 0 Å². The lowest BCUT2D eigenvalue weighted by Gasteiger charge is -2.11. The number of nitrogens with two attached hydrogens (primary N) is 1. The molecule has 0 saturated heterocycles. The molecular formula is C13H13BrFNOS. The highest BCUT2D eigenvalue weighted by atomic mass is 79.9. The van der Waals surface area contributed by atoms with Gasteiger partial charge in [0.05, 0.1) is 7.11 Å². The van der Waals surface area contributed by atoms with Gasteiger partial charge >= 0.3 is 0 Å². The number of halogens is 2. The molecule has 18 heavy (non-hydrogen) atoms. The molecule has 0 spiro atoms. The molecule has 2 N–H and O–H groups in total. The monoisotopic (exact) mass is 329 g/mol. The maximum Gasteiger partial charge on any atom is 0.129 e. The fourth-order valence-electron chi connectivity index (χ4n) is 1.67. The minimum Gasteiger partial charge on any atom is -0.496 e. The van der Waals surface area contributed by atoms with E-state index in [1.54, 1.807) is 24.5 Å². The molecule has 1 unspecified atom stereocenters. The standard InChI is InChI=1S/C13H13BrFNOS/c1-17-10-6-13(18-7-10)12(16)5-8-4-9(15)2-3-11(8)14/h2-4,6-7,12H,5,16H2,1H3. The normalized spacial score (nSPS) is 12.4. The number of ether oxygens (including phenoxy) is 1. The molecule has 0 saturated carbocycles. The first kappa shape index (κ1) is 13.5. The van der Waals surface area contributed by atoms with Gasteiger partial charge in [-0.2, -0.15) is 0 Å². The van der Waals surface area contributed by atoms with Gasteiger partial charge in [-0.05, 0) is 36.2 Å². The zero-order valence-electron chi connectivity index (χ0n) is 9.82. The molecule has 96 valence electrons. The lowest BCUT2D eigenvalue weighted by Crippen LogP contribution is -2.12. The van der Waals surface area contributed by atoms with Crippen molar-refractivity contribution in [2.75, 3.05) is 7.11 Å². The number of thiophene rings is 1. The largest absolute Gasteiger partial charge is 0.496 e. The van der Waals surface area contributed by atoms with E-state index in [0.717, 1.165) is 20.7 Å². The van der Waals surface area contributed by atoms with Gasteiger partial charge in [0.2, 0.25) is 0 Å². The molecule has 2 aromatic rings. The van der Waals surface area contributed by atoms with Gasteiger partial charge in [-0.1, -0.05) is 15.9 Å². The van der Waals surface area contributed by atoms with Crippen molar-refractivity contribution in [3.05, 3.63) is 50.4 Å². The Hall–Kier alpha value is -0.910. The minimum absolute atomic E-state index is 0.156. The van der Waals surface area contributed by atoms with Gasteiger partial charge in [-0.3, -0.25) is 0 Å². The lowest BCUT2D eigenvalue weighted by molar-refractivity contribution is 0.416. The molecule has 1 atom stereocenters. The molecule has 1 heterocycles. The van der Waals surface area contributed by atoms with Crippen LogP contribution < -0.4 is 10.5 Å². The van der Waals surface area contributed by atoms with Crippen molar-refractivity contribution in [2.45, 2.75) is 12.5 Å². The summed E-state index contributed by atoms with van der Waals surface area (Å²) < 4.78 is 19.2. The van der Waals surface area contributed by atoms with E-state index in [-0.39, 0.29) is 11.9 Å². The van der Waals surface area contributed by atoms with Crippen molar-refractivity contribution in [3.8, 4) is 5.75 Å². The van der Waals surface area contributed by atoms with Gasteiger partial charge in [-0.25, -0.2) is 4.39 Å². The Kier molecular flexibility index (Phi) is 4.37. The van der Waals surface area contributed by atoms with E-state index >= 15 is 0 Å². The second-order valence-electron chi connectivity index (χ2n) is 3.94. The van der Waals surface area contributed by atoms with E-state index in [1.165, 1.54) is 12.1 Å². The fraction of sp³-hybridized carbons (Fsp3) is 0.231. The van der Waals surface area contributed by atoms with Crippen LogP contribution in [0, 0.1) is 5.82 Å². The van der Waals surface area contributed by atoms with E-state index in [4.69, 9.17) is 10.5 Å². The minimum atomic E-state index is -0.246. The second-order valence-corrected chi connectivity index (χ2v) is 5.73. The van der Waals surface area contributed by atoms with Crippen LogP contribution in [0.5, 0.6) is 5.75 Å². The predicted molar refractivity (Wildman–Crippen MR) is 75.6 cm³/mol. The maximum absolute atomic E-state index is 13.2. The molecular weight excluding hydrogens is 317 g/mol. The lowest BCUT2D eigenvalue weighted by atomic mass is 10.1. The zero-order chi connectivity index (χ0) is 13.1. The third kappa shape index (κ3) is 3.10. The average Bonchev–Trinajstić information content (AvgIpc) is 2.82. The van der Waals surface area contributed by atoms with Crippen LogP contribution in [-0.2, 0) is 6.42 Å². The van der Waals surface area contributed by atoms with Gasteiger partial charge in [0.1, 0.15) is 11.6 Å². The van der Waals surface area contributed by atoms with Crippen LogP contribution in [0.15, 0.2) is 34.1 Å². The molecule has 0 bridgehead atoms. The highest BCUT2D eigenvalue weighted by Gasteiger charge is 2.12. The molecule has 0 aliphatic carbocycles. The van der Waals surface area contributed by atoms with Crippen molar-refractivity contribution < 1.29 is 9.13 Å². The summed E-state index contributed by atoms with van der Waals surface area (Å²) in [4.78, 5) is 1.03. The molecule has 0 amide bonds. The van der Waals surface area contributed by atoms with Crippen LogP contribution in [0.2, 0.25) is 0 Å². The SMILES string of the molecule is COc1csc(C(N)Cc2cc(F)ccc2Br)c1. The topological polar surface area (TPSA) is 35.2 Å². The number of hydrogen-bond donors (Lipinski definition) is 1. The van der Waals surface area contributed by atoms with Crippen molar-refractivity contribution in [3.63, 3.8) is 0 Å². The highest BCUT2D eigenvalue weighted by molar-refractivity contribution is 9.10. The predicted octanol–water partition coefficient (Wildman–Crippen LogP) is 3.90. The van der Waals surface area contributed by atoms with Crippen molar-refractivity contribution in [1.29, 1.82) is 0 Å². The first-order valence-electron chi connectivity index (χ1n) is 5.42. The first-order valence-corrected chi connectivity index (χ1v) is 7.09. The van der Waals surface area contributed by atoms with Gasteiger partial charge in [0.25, 0.3) is 0 Å². The maximum atomic E-state index is 13.2. The summed E-state index contributed by atoms with van der Waals surface area (Å²) in [7, 11) is 1.63. The van der Waals surface area contributed by atoms with Gasteiger partial charge < -0.3 is 10.5 Å². The van der Waals surface area contributed by atoms with Crippen LogP contribution in [0.25, 0.3) is 0 Å². The molecule has 0 aliphatic heterocycles. The molecule has 0 radical (unpaired) electrons. The van der Waals surface area contributed by atoms with Crippen molar-refractivity contribution >= 4 is 27.3 Å². The van der Waals surface area contributed by atoms with Crippen LogP contribution in [0.4, 0.5) is 4.39 Å². The number of hydrogen-bond acceptors (Lipinski definition) is 3. The smallest absolute Gasteiger partial charge is 0.129 e. The quantitative estimate of drug-likeness (QED) is 0.923. The van der Waals surface area contributed by atoms with E-state index in [2.05, 4.69) is 15.9 Å². The van der Waals surface area contributed by atoms with Crippen molar-refractivity contribution in [2.24, 2.45) is 5.73 Å². The Balaban J connectivity index is 2.15. The molecule has 2 nitrogen and oxygen atoms in total. The van der Waals surface area contributed by atoms with Crippen LogP contribution in [0.1, 0.15) is 16.5 Å². The van der Waals surface area contributed by atoms with Crippen LogP contribution >= 0.6 is 27.3 Å². The summed E-state index contributed by atoms with van der Waals surface area (Å²) in [5, 5.41) is 1.91. The third-order valence-corrected chi connectivity index (χ3v) is 4.46. The van der Waals surface area contributed by atoms with E-state index < -0.39 is 0 Å². The number of rotatable bonds is 4. The first-order chi connectivity index (χ1) is 8.60. The molecule has 1 aromatic carbocycles. The Morgan fingerprint density at radius 1 is 1.44 bits per heavy atom. The molecule has 0 fully saturated rings. The summed E-state index contributed by atoms with van der Waals surface area (Å²) in [6.07, 6.45) is 0.585. The molecule has 0 aliphatic rings. The highest BCUT2D eigenvalue weighted by Crippen LogP contribution is 2.29. The third-order valence-electron chi connectivity index (χ3n) is 2.64. The van der Waals surface area contributed by atoms with Crippen molar-refractivity contribution in [1.82, 2.24) is 0 Å². The Labute approximate surface area is 118 Å². The van der Waals surface area contributed by atoms with Gasteiger partial charge in [0, 0.05) is 20.8 Å². The van der Waals surface area contributed by atoms with Gasteiger partial charge in [0.15, 0.2) is 0 Å². The summed E-state index contributed by atoms with van der Waals surface area (Å²) in [6, 6.07) is 6.40. The number of benzene rings is 1. The molecule has 5 heteroatoms. The Bertz CT molecular complexity index is 544. The Morgan fingerprint density at radius 2 is 2.22 bits per heavy atom. The summed E-state index contributed by atoms with van der Waals surface area (Å²) >= 11 is 4.96. The zero-order valence-corrected chi connectivity index (χ0v) is 12.2. The van der Waals surface area contributed by atoms with E-state index in [1.807, 2.05) is 11.4 Å². The van der Waals surface area contributed by atoms with E-state index in [0.29, 0.717) is 6.42 Å². The van der Waals surface area contributed by atoms with E-state index in [9.17, 15) is 4.39 Å². The summed E-state index contributed by atoms with van der Waals surface area (Å²) in [5.74, 6) is 0.563.